The fraction of sp³-hybridized carbons (Fsp3) is 0.455. The lowest BCUT2D eigenvalue weighted by atomic mass is 10.2. The quantitative estimate of drug-likeness (QED) is 0.794. The van der Waals surface area contributed by atoms with E-state index in [2.05, 4.69) is 5.32 Å². The van der Waals surface area contributed by atoms with Gasteiger partial charge in [0.25, 0.3) is 0 Å². The highest BCUT2D eigenvalue weighted by Crippen LogP contribution is 2.27. The standard InChI is InChI=1S/C11H17NO3.ClH/c1-12-8-9-3-4-10(15-6-5-13)11(7-9)14-2;/h3-4,7,12-13H,5-6,8H2,1-2H3;1H. The lowest BCUT2D eigenvalue weighted by Gasteiger charge is -2.11. The summed E-state index contributed by atoms with van der Waals surface area (Å²) in [5, 5.41) is 11.7. The van der Waals surface area contributed by atoms with E-state index in [0.29, 0.717) is 11.5 Å². The Balaban J connectivity index is 0.00000225. The first-order valence-corrected chi connectivity index (χ1v) is 4.87. The van der Waals surface area contributed by atoms with Crippen LogP contribution in [0.5, 0.6) is 11.5 Å². The molecule has 1 rings (SSSR count). The van der Waals surface area contributed by atoms with Crippen LogP contribution in [0.1, 0.15) is 5.56 Å². The molecule has 2 N–H and O–H groups in total. The summed E-state index contributed by atoms with van der Waals surface area (Å²) in [6.45, 7) is 1.07. The van der Waals surface area contributed by atoms with Crippen LogP contribution in [0.2, 0.25) is 0 Å². The average molecular weight is 248 g/mol. The van der Waals surface area contributed by atoms with Crippen molar-refractivity contribution >= 4 is 12.4 Å². The summed E-state index contributed by atoms with van der Waals surface area (Å²) in [5.41, 5.74) is 1.13. The number of hydrogen-bond acceptors (Lipinski definition) is 4. The minimum Gasteiger partial charge on any atom is -0.493 e. The third-order valence-corrected chi connectivity index (χ3v) is 1.96. The van der Waals surface area contributed by atoms with Gasteiger partial charge < -0.3 is 19.9 Å². The fourth-order valence-corrected chi connectivity index (χ4v) is 1.30. The number of hydrogen-bond donors (Lipinski definition) is 2. The number of rotatable bonds is 6. The maximum atomic E-state index is 8.65. The molecule has 0 radical (unpaired) electrons. The van der Waals surface area contributed by atoms with Crippen LogP contribution in [0, 0.1) is 0 Å². The summed E-state index contributed by atoms with van der Waals surface area (Å²) >= 11 is 0. The molecule has 0 saturated heterocycles. The molecule has 0 bridgehead atoms. The Kier molecular flexibility index (Phi) is 7.72. The lowest BCUT2D eigenvalue weighted by Crippen LogP contribution is -2.06. The first-order valence-electron chi connectivity index (χ1n) is 4.87. The third-order valence-electron chi connectivity index (χ3n) is 1.96. The summed E-state index contributed by atoms with van der Waals surface area (Å²) in [5.74, 6) is 1.35. The molecule has 4 nitrogen and oxygen atoms in total. The van der Waals surface area contributed by atoms with Gasteiger partial charge in [-0.2, -0.15) is 0 Å². The van der Waals surface area contributed by atoms with Gasteiger partial charge in [0.2, 0.25) is 0 Å². The number of halogens is 1. The monoisotopic (exact) mass is 247 g/mol. The van der Waals surface area contributed by atoms with Crippen LogP contribution in [0.3, 0.4) is 0 Å². The van der Waals surface area contributed by atoms with Gasteiger partial charge in [-0.05, 0) is 24.7 Å². The van der Waals surface area contributed by atoms with Gasteiger partial charge >= 0.3 is 0 Å². The molecule has 0 aliphatic heterocycles. The highest BCUT2D eigenvalue weighted by molar-refractivity contribution is 5.85. The van der Waals surface area contributed by atoms with Gasteiger partial charge in [0.05, 0.1) is 13.7 Å². The van der Waals surface area contributed by atoms with Gasteiger partial charge in [-0.1, -0.05) is 6.07 Å². The van der Waals surface area contributed by atoms with Crippen LogP contribution < -0.4 is 14.8 Å². The van der Waals surface area contributed by atoms with Crippen LogP contribution in [-0.2, 0) is 6.54 Å². The molecule has 1 aromatic rings. The van der Waals surface area contributed by atoms with Crippen molar-refractivity contribution in [1.29, 1.82) is 0 Å². The third kappa shape index (κ3) is 4.26. The molecule has 16 heavy (non-hydrogen) atoms. The van der Waals surface area contributed by atoms with Crippen LogP contribution in [0.15, 0.2) is 18.2 Å². The SMILES string of the molecule is CNCc1ccc(OCCO)c(OC)c1.Cl. The minimum atomic E-state index is 0. The molecule has 0 spiro atoms. The van der Waals surface area contributed by atoms with Crippen LogP contribution in [-0.4, -0.2) is 32.5 Å². The van der Waals surface area contributed by atoms with Crippen molar-refractivity contribution in [3.63, 3.8) is 0 Å². The van der Waals surface area contributed by atoms with E-state index in [-0.39, 0.29) is 25.6 Å². The summed E-state index contributed by atoms with van der Waals surface area (Å²) in [4.78, 5) is 0. The maximum Gasteiger partial charge on any atom is 0.161 e. The molecule has 0 aliphatic rings. The Morgan fingerprint density at radius 3 is 2.62 bits per heavy atom. The number of aliphatic hydroxyl groups is 1. The highest BCUT2D eigenvalue weighted by Gasteiger charge is 2.04. The number of methoxy groups -OCH3 is 1. The molecule has 0 atom stereocenters. The largest absolute Gasteiger partial charge is 0.493 e. The van der Waals surface area contributed by atoms with Gasteiger partial charge in [0.1, 0.15) is 6.61 Å². The molecule has 0 heterocycles. The summed E-state index contributed by atoms with van der Waals surface area (Å²) in [7, 11) is 3.49. The Hall–Kier alpha value is -0.970. The van der Waals surface area contributed by atoms with Crippen LogP contribution >= 0.6 is 12.4 Å². The molecule has 5 heteroatoms. The zero-order valence-electron chi connectivity index (χ0n) is 9.53. The van der Waals surface area contributed by atoms with E-state index in [1.165, 1.54) is 0 Å². The second kappa shape index (κ2) is 8.21. The Morgan fingerprint density at radius 2 is 2.06 bits per heavy atom. The van der Waals surface area contributed by atoms with E-state index in [1.807, 2.05) is 25.2 Å². The van der Waals surface area contributed by atoms with Gasteiger partial charge in [-0.3, -0.25) is 0 Å². The molecule has 0 unspecified atom stereocenters. The predicted molar refractivity (Wildman–Crippen MR) is 65.6 cm³/mol. The fourth-order valence-electron chi connectivity index (χ4n) is 1.30. The normalized spacial score (nSPS) is 9.44. The number of aliphatic hydroxyl groups excluding tert-OH is 1. The molecule has 0 aromatic heterocycles. The first kappa shape index (κ1) is 15.0. The zero-order chi connectivity index (χ0) is 11.1. The van der Waals surface area contributed by atoms with E-state index >= 15 is 0 Å². The average Bonchev–Trinajstić information content (AvgIpc) is 2.27. The van der Waals surface area contributed by atoms with Gasteiger partial charge in [0.15, 0.2) is 11.5 Å². The molecular weight excluding hydrogens is 230 g/mol. The van der Waals surface area contributed by atoms with Crippen molar-refractivity contribution in [2.24, 2.45) is 0 Å². The molecule has 0 aliphatic carbocycles. The second-order valence-corrected chi connectivity index (χ2v) is 3.09. The van der Waals surface area contributed by atoms with Crippen molar-refractivity contribution in [1.82, 2.24) is 5.32 Å². The van der Waals surface area contributed by atoms with E-state index in [4.69, 9.17) is 14.6 Å². The second-order valence-electron chi connectivity index (χ2n) is 3.09. The van der Waals surface area contributed by atoms with Gasteiger partial charge in [-0.25, -0.2) is 0 Å². The molecule has 1 aromatic carbocycles. The molecule has 92 valence electrons. The van der Waals surface area contributed by atoms with Crippen LogP contribution in [0.4, 0.5) is 0 Å². The Bertz CT molecular complexity index is 307. The zero-order valence-corrected chi connectivity index (χ0v) is 10.3. The van der Waals surface area contributed by atoms with E-state index < -0.39 is 0 Å². The maximum absolute atomic E-state index is 8.65. The van der Waals surface area contributed by atoms with Crippen molar-refractivity contribution in [2.45, 2.75) is 6.54 Å². The van der Waals surface area contributed by atoms with Crippen molar-refractivity contribution in [3.05, 3.63) is 23.8 Å². The summed E-state index contributed by atoms with van der Waals surface area (Å²) in [6, 6.07) is 5.73. The van der Waals surface area contributed by atoms with Crippen molar-refractivity contribution in [3.8, 4) is 11.5 Å². The molecule has 0 amide bonds. The van der Waals surface area contributed by atoms with E-state index in [1.54, 1.807) is 7.11 Å². The first-order chi connectivity index (χ1) is 7.31. The van der Waals surface area contributed by atoms with Crippen molar-refractivity contribution < 1.29 is 14.6 Å². The summed E-state index contributed by atoms with van der Waals surface area (Å²) < 4.78 is 10.5. The van der Waals surface area contributed by atoms with Crippen molar-refractivity contribution in [2.75, 3.05) is 27.4 Å². The molecule has 0 fully saturated rings. The Labute approximate surface area is 102 Å². The topological polar surface area (TPSA) is 50.7 Å². The van der Waals surface area contributed by atoms with Gasteiger partial charge in [-0.15, -0.1) is 12.4 Å². The number of nitrogens with one attached hydrogen (secondary N) is 1. The molecular formula is C11H18ClNO3. The van der Waals surface area contributed by atoms with E-state index in [0.717, 1.165) is 12.1 Å². The summed E-state index contributed by atoms with van der Waals surface area (Å²) in [6.07, 6.45) is 0. The minimum absolute atomic E-state index is 0. The lowest BCUT2D eigenvalue weighted by molar-refractivity contribution is 0.196. The number of ether oxygens (including phenoxy) is 2. The van der Waals surface area contributed by atoms with Gasteiger partial charge in [0, 0.05) is 6.54 Å². The van der Waals surface area contributed by atoms with Crippen LogP contribution in [0.25, 0.3) is 0 Å². The Morgan fingerprint density at radius 1 is 1.31 bits per heavy atom. The molecule has 0 saturated carbocycles. The highest BCUT2D eigenvalue weighted by atomic mass is 35.5. The predicted octanol–water partition coefficient (Wildman–Crippen LogP) is 1.21. The smallest absolute Gasteiger partial charge is 0.161 e. The number of benzene rings is 1. The van der Waals surface area contributed by atoms with E-state index in [9.17, 15) is 0 Å².